The molecule has 206 valence electrons. The Morgan fingerprint density at radius 2 is 1.18 bits per heavy atom. The van der Waals surface area contributed by atoms with Crippen LogP contribution >= 0.6 is 0 Å². The van der Waals surface area contributed by atoms with Gasteiger partial charge >= 0.3 is 8.80 Å². The second-order valence-corrected chi connectivity index (χ2v) is 31.2. The largest absolute Gasteiger partial charge is 0.469 e. The van der Waals surface area contributed by atoms with Gasteiger partial charge in [-0.05, 0) is 71.9 Å². The maximum absolute atomic E-state index is 10.8. The van der Waals surface area contributed by atoms with E-state index < -0.39 is 33.8 Å². The molecule has 0 radical (unpaired) electrons. The number of quaternary nitrogens is 2. The predicted octanol–water partition coefficient (Wildman–Crippen LogP) is 2.77. The van der Waals surface area contributed by atoms with Gasteiger partial charge in [-0.25, -0.2) is 0 Å². The topological polar surface area (TPSA) is 55.6 Å². The number of rotatable bonds is 18. The van der Waals surface area contributed by atoms with Gasteiger partial charge in [-0.3, -0.25) is 0 Å². The van der Waals surface area contributed by atoms with E-state index in [4.69, 9.17) is 12.3 Å². The van der Waals surface area contributed by atoms with Crippen LogP contribution in [-0.4, -0.2) is 122 Å². The zero-order valence-corrected chi connectivity index (χ0v) is 29.3. The Hall–Kier alpha value is 0.588. The van der Waals surface area contributed by atoms with Gasteiger partial charge in [0.1, 0.15) is 12.6 Å². The Kier molecular flexibility index (Phi) is 14.2. The van der Waals surface area contributed by atoms with Crippen LogP contribution in [0.3, 0.4) is 0 Å². The minimum Gasteiger partial charge on any atom is -0.417 e. The number of hydrogen-bond donors (Lipinski definition) is 2. The lowest BCUT2D eigenvalue weighted by molar-refractivity contribution is -0.873. The first-order valence-electron chi connectivity index (χ1n) is 13.1. The van der Waals surface area contributed by atoms with Crippen molar-refractivity contribution in [3.8, 4) is 0 Å². The summed E-state index contributed by atoms with van der Waals surface area (Å²) in [5, 5.41) is 10.8. The number of aliphatic hydroxyl groups is 1. The molecule has 7 nitrogen and oxygen atoms in total. The molecule has 0 saturated carbocycles. The third-order valence-corrected chi connectivity index (χ3v) is 16.8. The highest BCUT2D eigenvalue weighted by Gasteiger charge is 2.49. The van der Waals surface area contributed by atoms with Crippen LogP contribution in [0.25, 0.3) is 0 Å². The molecule has 0 spiro atoms. The smallest absolute Gasteiger partial charge is 0.417 e. The highest BCUT2D eigenvalue weighted by atomic mass is 28.5. The fraction of sp³-hybridized carbons (Fsp3) is 1.00. The first kappa shape index (κ1) is 34.6. The maximum atomic E-state index is 10.8. The van der Waals surface area contributed by atoms with Crippen molar-refractivity contribution in [3.63, 3.8) is 0 Å². The summed E-state index contributed by atoms with van der Waals surface area (Å²) in [6.45, 7) is 24.7. The van der Waals surface area contributed by atoms with Gasteiger partial charge in [0, 0.05) is 25.6 Å². The van der Waals surface area contributed by atoms with E-state index in [2.05, 4.69) is 99.1 Å². The molecule has 34 heavy (non-hydrogen) atoms. The lowest BCUT2D eigenvalue weighted by Gasteiger charge is -2.43. The molecule has 1 unspecified atom stereocenters. The molecule has 0 aromatic rings. The maximum Gasteiger partial charge on any atom is 0.469 e. The second kappa shape index (κ2) is 13.9. The molecule has 11 heteroatoms. The summed E-state index contributed by atoms with van der Waals surface area (Å²) in [6, 6.07) is 0.854. The van der Waals surface area contributed by atoms with Gasteiger partial charge in [0.15, 0.2) is 25.0 Å². The summed E-state index contributed by atoms with van der Waals surface area (Å²) in [6.07, 6.45) is 1.77. The summed E-state index contributed by atoms with van der Waals surface area (Å²) in [4.78, 5) is 3.91. The minimum absolute atomic E-state index is 0.330. The standard InChI is InChI=1S/C23H60N3O4Si4/c1-24(2)17-15-18-25(21-23(27)22-26(3,4)5)19-16-20-34(28-31(6,7)8,29-32(9,10)11)30-33(12,13)14/h23,27H,15-22H2,1-14H3/q+1/p+1. The quantitative estimate of drug-likeness (QED) is 0.201. The van der Waals surface area contributed by atoms with E-state index in [1.165, 1.54) is 4.90 Å². The van der Waals surface area contributed by atoms with Gasteiger partial charge in [-0.15, -0.1) is 0 Å². The van der Waals surface area contributed by atoms with Crippen molar-refractivity contribution in [1.29, 1.82) is 0 Å². The molecule has 2 N–H and O–H groups in total. The van der Waals surface area contributed by atoms with E-state index in [0.29, 0.717) is 6.54 Å². The molecular formula is C23H61N3O4Si4+2. The molecule has 0 fully saturated rings. The fourth-order valence-corrected chi connectivity index (χ4v) is 18.7. The Bertz CT molecular complexity index is 530. The van der Waals surface area contributed by atoms with Crippen LogP contribution in [0.15, 0.2) is 0 Å². The lowest BCUT2D eigenvalue weighted by atomic mass is 10.2. The molecule has 0 aromatic carbocycles. The van der Waals surface area contributed by atoms with Gasteiger partial charge in [0.05, 0.1) is 41.8 Å². The average Bonchev–Trinajstić information content (AvgIpc) is 2.46. The number of aliphatic hydroxyl groups excluding tert-OH is 1. The number of likely N-dealkylation sites (N-methyl/N-ethyl adjacent to an activating group) is 1. The summed E-state index contributed by atoms with van der Waals surface area (Å²) in [7, 11) is 2.43. The van der Waals surface area contributed by atoms with Crippen molar-refractivity contribution in [1.82, 2.24) is 4.90 Å². The molecule has 0 aromatic heterocycles. The van der Waals surface area contributed by atoms with Crippen LogP contribution in [0, 0.1) is 0 Å². The highest BCUT2D eigenvalue weighted by Crippen LogP contribution is 2.30. The molecule has 0 bridgehead atoms. The van der Waals surface area contributed by atoms with Crippen LogP contribution in [0.2, 0.25) is 65.0 Å². The van der Waals surface area contributed by atoms with E-state index in [0.717, 1.165) is 49.5 Å². The van der Waals surface area contributed by atoms with Gasteiger partial charge in [-0.1, -0.05) is 0 Å². The van der Waals surface area contributed by atoms with E-state index in [1.807, 2.05) is 0 Å². The summed E-state index contributed by atoms with van der Waals surface area (Å²) in [5.41, 5.74) is 0. The zero-order valence-electron chi connectivity index (χ0n) is 25.3. The van der Waals surface area contributed by atoms with Crippen molar-refractivity contribution in [3.05, 3.63) is 0 Å². The predicted molar refractivity (Wildman–Crippen MR) is 156 cm³/mol. The van der Waals surface area contributed by atoms with Crippen LogP contribution in [-0.2, 0) is 12.3 Å². The van der Waals surface area contributed by atoms with Gasteiger partial charge in [0.25, 0.3) is 0 Å². The Balaban J connectivity index is 5.55. The van der Waals surface area contributed by atoms with E-state index in [9.17, 15) is 5.11 Å². The molecule has 0 aliphatic rings. The normalized spacial score (nSPS) is 15.4. The first-order valence-corrected chi connectivity index (χ1v) is 25.3. The molecule has 0 aliphatic heterocycles. The average molecular weight is 556 g/mol. The van der Waals surface area contributed by atoms with E-state index in [-0.39, 0.29) is 6.10 Å². The first-order chi connectivity index (χ1) is 15.0. The summed E-state index contributed by atoms with van der Waals surface area (Å²) in [5.74, 6) is 0. The van der Waals surface area contributed by atoms with Crippen molar-refractivity contribution in [2.24, 2.45) is 0 Å². The Morgan fingerprint density at radius 1 is 0.765 bits per heavy atom. The van der Waals surface area contributed by atoms with Crippen LogP contribution in [0.5, 0.6) is 0 Å². The van der Waals surface area contributed by atoms with Gasteiger partial charge < -0.3 is 31.7 Å². The van der Waals surface area contributed by atoms with Crippen LogP contribution in [0.4, 0.5) is 0 Å². The SMILES string of the molecule is C[NH+](C)CCCN(CCC[Si](O[Si](C)(C)C)(O[Si](C)(C)C)O[Si](C)(C)C)CC(O)C[N+](C)(C)C. The van der Waals surface area contributed by atoms with Crippen molar-refractivity contribution in [2.75, 3.05) is 68.0 Å². The molecule has 0 aliphatic carbocycles. The summed E-state index contributed by atoms with van der Waals surface area (Å²) >= 11 is 0. The molecular weight excluding hydrogens is 495 g/mol. The Morgan fingerprint density at radius 3 is 1.53 bits per heavy atom. The second-order valence-electron chi connectivity index (χ2n) is 14.2. The van der Waals surface area contributed by atoms with Crippen molar-refractivity contribution >= 4 is 33.8 Å². The molecule has 0 rings (SSSR count). The van der Waals surface area contributed by atoms with Crippen LogP contribution < -0.4 is 4.90 Å². The molecule has 1 atom stereocenters. The third-order valence-electron chi connectivity index (χ3n) is 4.72. The van der Waals surface area contributed by atoms with Gasteiger partial charge in [-0.2, -0.15) is 0 Å². The van der Waals surface area contributed by atoms with E-state index >= 15 is 0 Å². The molecule has 0 amide bonds. The third kappa shape index (κ3) is 19.7. The lowest BCUT2D eigenvalue weighted by Crippen LogP contribution is -3.05. The fourth-order valence-electron chi connectivity index (χ4n) is 4.07. The van der Waals surface area contributed by atoms with Crippen molar-refractivity contribution < 1.29 is 26.8 Å². The van der Waals surface area contributed by atoms with Gasteiger partial charge in [0.2, 0.25) is 0 Å². The number of hydrogen-bond acceptors (Lipinski definition) is 5. The minimum atomic E-state index is -2.81. The molecule has 0 saturated heterocycles. The van der Waals surface area contributed by atoms with Crippen LogP contribution in [0.1, 0.15) is 12.8 Å². The monoisotopic (exact) mass is 555 g/mol. The number of nitrogens with zero attached hydrogens (tertiary/aromatic N) is 2. The molecule has 0 heterocycles. The van der Waals surface area contributed by atoms with Crippen molar-refractivity contribution in [2.45, 2.75) is 83.9 Å². The summed E-state index contributed by atoms with van der Waals surface area (Å²) < 4.78 is 21.3. The Labute approximate surface area is 217 Å². The zero-order chi connectivity index (χ0) is 27.0. The number of nitrogens with one attached hydrogen (secondary N) is 1. The highest BCUT2D eigenvalue weighted by molar-refractivity contribution is 6.90. The van der Waals surface area contributed by atoms with E-state index in [1.54, 1.807) is 0 Å².